The third-order valence-electron chi connectivity index (χ3n) is 2.28. The highest BCUT2D eigenvalue weighted by atomic mass is 32.1. The summed E-state index contributed by atoms with van der Waals surface area (Å²) >= 11 is 1.62. The summed E-state index contributed by atoms with van der Waals surface area (Å²) in [5.74, 6) is 0.727. The molecule has 1 unspecified atom stereocenters. The van der Waals surface area contributed by atoms with Gasteiger partial charge in [0, 0.05) is 17.4 Å². The molecule has 0 fully saturated rings. The molecule has 0 amide bonds. The molecule has 17 heavy (non-hydrogen) atoms. The van der Waals surface area contributed by atoms with E-state index in [1.807, 2.05) is 17.5 Å². The van der Waals surface area contributed by atoms with Crippen molar-refractivity contribution in [2.24, 2.45) is 0 Å². The van der Waals surface area contributed by atoms with Crippen LogP contribution in [-0.2, 0) is 6.42 Å². The molecule has 90 valence electrons. The van der Waals surface area contributed by atoms with Gasteiger partial charge >= 0.3 is 0 Å². The third kappa shape index (κ3) is 3.76. The Kier molecular flexibility index (Phi) is 4.01. The zero-order valence-electron chi connectivity index (χ0n) is 9.24. The molecule has 0 aliphatic heterocycles. The number of phenols is 1. The monoisotopic (exact) mass is 250 g/mol. The minimum Gasteiger partial charge on any atom is -0.508 e. The standard InChI is InChI=1S/C13H14O3S/c14-10-3-1-4-12(7-10)16-9-11(15)8-13-5-2-6-17-13/h1-7,11,14-15H,8-9H2. The Bertz CT molecular complexity index is 453. The average molecular weight is 250 g/mol. The maximum Gasteiger partial charge on any atom is 0.123 e. The molecule has 1 atom stereocenters. The van der Waals surface area contributed by atoms with E-state index in [1.165, 1.54) is 6.07 Å². The predicted molar refractivity (Wildman–Crippen MR) is 67.6 cm³/mol. The van der Waals surface area contributed by atoms with Crippen LogP contribution in [-0.4, -0.2) is 22.9 Å². The first-order chi connectivity index (χ1) is 8.24. The molecule has 0 aliphatic carbocycles. The fourth-order valence-electron chi connectivity index (χ4n) is 1.49. The number of thiophene rings is 1. The second kappa shape index (κ2) is 5.70. The van der Waals surface area contributed by atoms with Crippen molar-refractivity contribution in [3.05, 3.63) is 46.7 Å². The molecule has 0 saturated carbocycles. The van der Waals surface area contributed by atoms with Crippen molar-refractivity contribution in [3.63, 3.8) is 0 Å². The van der Waals surface area contributed by atoms with E-state index < -0.39 is 6.10 Å². The predicted octanol–water partition coefficient (Wildman–Crippen LogP) is 2.44. The molecule has 0 aliphatic rings. The van der Waals surface area contributed by atoms with Crippen LogP contribution in [0.1, 0.15) is 4.88 Å². The average Bonchev–Trinajstić information content (AvgIpc) is 2.79. The van der Waals surface area contributed by atoms with Crippen LogP contribution in [0.15, 0.2) is 41.8 Å². The van der Waals surface area contributed by atoms with Crippen molar-refractivity contribution in [3.8, 4) is 11.5 Å². The fourth-order valence-corrected chi connectivity index (χ4v) is 2.26. The van der Waals surface area contributed by atoms with Crippen LogP contribution in [0.5, 0.6) is 11.5 Å². The normalized spacial score (nSPS) is 12.3. The smallest absolute Gasteiger partial charge is 0.123 e. The minimum absolute atomic E-state index is 0.162. The van der Waals surface area contributed by atoms with Crippen molar-refractivity contribution in [1.29, 1.82) is 0 Å². The fraction of sp³-hybridized carbons (Fsp3) is 0.231. The molecule has 4 heteroatoms. The summed E-state index contributed by atoms with van der Waals surface area (Å²) in [7, 11) is 0. The van der Waals surface area contributed by atoms with Crippen LogP contribution in [0.25, 0.3) is 0 Å². The first kappa shape index (κ1) is 12.0. The van der Waals surface area contributed by atoms with E-state index in [2.05, 4.69) is 0 Å². The van der Waals surface area contributed by atoms with Gasteiger partial charge in [-0.15, -0.1) is 11.3 Å². The Balaban J connectivity index is 1.82. The van der Waals surface area contributed by atoms with Crippen LogP contribution in [0, 0.1) is 0 Å². The van der Waals surface area contributed by atoms with Gasteiger partial charge in [-0.05, 0) is 23.6 Å². The highest BCUT2D eigenvalue weighted by molar-refractivity contribution is 7.09. The van der Waals surface area contributed by atoms with Crippen molar-refractivity contribution in [2.45, 2.75) is 12.5 Å². The molecular formula is C13H14O3S. The van der Waals surface area contributed by atoms with Gasteiger partial charge < -0.3 is 14.9 Å². The van der Waals surface area contributed by atoms with Gasteiger partial charge in [0.25, 0.3) is 0 Å². The second-order valence-corrected chi connectivity index (χ2v) is 4.78. The number of aliphatic hydroxyl groups excluding tert-OH is 1. The van der Waals surface area contributed by atoms with Crippen LogP contribution in [0.3, 0.4) is 0 Å². The third-order valence-corrected chi connectivity index (χ3v) is 3.18. The van der Waals surface area contributed by atoms with Crippen LogP contribution in [0.4, 0.5) is 0 Å². The summed E-state index contributed by atoms with van der Waals surface area (Å²) in [6, 6.07) is 10.5. The van der Waals surface area contributed by atoms with Gasteiger partial charge in [-0.25, -0.2) is 0 Å². The van der Waals surface area contributed by atoms with E-state index in [9.17, 15) is 10.2 Å². The number of phenolic OH excluding ortho intramolecular Hbond substituents is 1. The van der Waals surface area contributed by atoms with E-state index in [0.29, 0.717) is 12.2 Å². The summed E-state index contributed by atoms with van der Waals surface area (Å²) < 4.78 is 5.39. The molecule has 2 N–H and O–H groups in total. The Labute approximate surface area is 104 Å². The van der Waals surface area contributed by atoms with Gasteiger partial charge in [0.1, 0.15) is 18.1 Å². The van der Waals surface area contributed by atoms with Gasteiger partial charge in [0.2, 0.25) is 0 Å². The summed E-state index contributed by atoms with van der Waals surface area (Å²) in [5.41, 5.74) is 0. The zero-order chi connectivity index (χ0) is 12.1. The Morgan fingerprint density at radius 3 is 2.82 bits per heavy atom. The maximum absolute atomic E-state index is 9.77. The van der Waals surface area contributed by atoms with E-state index >= 15 is 0 Å². The van der Waals surface area contributed by atoms with E-state index in [0.717, 1.165) is 4.88 Å². The number of aromatic hydroxyl groups is 1. The first-order valence-corrected chi connectivity index (χ1v) is 6.24. The quantitative estimate of drug-likeness (QED) is 0.857. The van der Waals surface area contributed by atoms with Gasteiger partial charge in [-0.1, -0.05) is 12.1 Å². The van der Waals surface area contributed by atoms with Crippen molar-refractivity contribution < 1.29 is 14.9 Å². The van der Waals surface area contributed by atoms with Gasteiger partial charge in [0.15, 0.2) is 0 Å². The molecule has 1 heterocycles. The Morgan fingerprint density at radius 1 is 1.24 bits per heavy atom. The summed E-state index contributed by atoms with van der Waals surface area (Å²) in [5, 5.41) is 21.0. The molecular weight excluding hydrogens is 236 g/mol. The molecule has 1 aromatic heterocycles. The van der Waals surface area contributed by atoms with Crippen LogP contribution >= 0.6 is 11.3 Å². The van der Waals surface area contributed by atoms with Crippen molar-refractivity contribution in [2.75, 3.05) is 6.61 Å². The molecule has 0 radical (unpaired) electrons. The van der Waals surface area contributed by atoms with E-state index in [-0.39, 0.29) is 12.4 Å². The molecule has 2 aromatic rings. The topological polar surface area (TPSA) is 49.7 Å². The summed E-state index contributed by atoms with van der Waals surface area (Å²) in [6.45, 7) is 0.224. The van der Waals surface area contributed by atoms with Gasteiger partial charge in [-0.2, -0.15) is 0 Å². The maximum atomic E-state index is 9.77. The largest absolute Gasteiger partial charge is 0.508 e. The number of hydrogen-bond acceptors (Lipinski definition) is 4. The van der Waals surface area contributed by atoms with Crippen molar-refractivity contribution in [1.82, 2.24) is 0 Å². The number of benzene rings is 1. The Hall–Kier alpha value is -1.52. The number of hydrogen-bond donors (Lipinski definition) is 2. The molecule has 0 spiro atoms. The minimum atomic E-state index is -0.531. The van der Waals surface area contributed by atoms with E-state index in [4.69, 9.17) is 4.74 Å². The lowest BCUT2D eigenvalue weighted by Gasteiger charge is -2.11. The van der Waals surface area contributed by atoms with E-state index in [1.54, 1.807) is 29.5 Å². The number of rotatable bonds is 5. The molecule has 0 bridgehead atoms. The van der Waals surface area contributed by atoms with Crippen LogP contribution in [0.2, 0.25) is 0 Å². The zero-order valence-corrected chi connectivity index (χ0v) is 10.1. The lowest BCUT2D eigenvalue weighted by molar-refractivity contribution is 0.108. The Morgan fingerprint density at radius 2 is 2.12 bits per heavy atom. The molecule has 1 aromatic carbocycles. The summed E-state index contributed by atoms with van der Waals surface area (Å²) in [4.78, 5) is 1.14. The SMILES string of the molecule is Oc1cccc(OCC(O)Cc2cccs2)c1. The highest BCUT2D eigenvalue weighted by Crippen LogP contribution is 2.18. The lowest BCUT2D eigenvalue weighted by Crippen LogP contribution is -2.19. The van der Waals surface area contributed by atoms with Crippen LogP contribution < -0.4 is 4.74 Å². The number of aliphatic hydroxyl groups is 1. The first-order valence-electron chi connectivity index (χ1n) is 5.36. The molecule has 3 nitrogen and oxygen atoms in total. The number of ether oxygens (including phenoxy) is 1. The molecule has 0 saturated heterocycles. The summed E-state index contributed by atoms with van der Waals surface area (Å²) in [6.07, 6.45) is 0.0623. The van der Waals surface area contributed by atoms with Crippen molar-refractivity contribution >= 4 is 11.3 Å². The highest BCUT2D eigenvalue weighted by Gasteiger charge is 2.07. The molecule has 2 rings (SSSR count). The van der Waals surface area contributed by atoms with Gasteiger partial charge in [-0.3, -0.25) is 0 Å². The second-order valence-electron chi connectivity index (χ2n) is 3.75. The van der Waals surface area contributed by atoms with Gasteiger partial charge in [0.05, 0.1) is 6.10 Å². The lowest BCUT2D eigenvalue weighted by atomic mass is 10.2.